The first kappa shape index (κ1) is 11.9. The van der Waals surface area contributed by atoms with Gasteiger partial charge in [-0.25, -0.2) is 9.67 Å². The van der Waals surface area contributed by atoms with E-state index in [-0.39, 0.29) is 0 Å². The molecule has 0 atom stereocenters. The molecule has 0 fully saturated rings. The number of benzene rings is 1. The summed E-state index contributed by atoms with van der Waals surface area (Å²) in [5.74, 6) is 1.25. The summed E-state index contributed by atoms with van der Waals surface area (Å²) < 4.78 is 1.76. The third kappa shape index (κ3) is 2.51. The van der Waals surface area contributed by atoms with E-state index in [2.05, 4.69) is 22.2 Å². The largest absolute Gasteiger partial charge is 0.237 e. The smallest absolute Gasteiger partial charge is 0.153 e. The number of hydrogen-bond donors (Lipinski definition) is 0. The number of alkyl halides is 1. The maximum absolute atomic E-state index is 5.83. The zero-order chi connectivity index (χ0) is 13.1. The lowest BCUT2D eigenvalue weighted by atomic mass is 10.1. The second-order valence-corrected chi connectivity index (χ2v) is 4.46. The van der Waals surface area contributed by atoms with Gasteiger partial charge in [-0.2, -0.15) is 5.10 Å². The van der Waals surface area contributed by atoms with Gasteiger partial charge in [0, 0.05) is 23.8 Å². The minimum absolute atomic E-state index is 0.475. The van der Waals surface area contributed by atoms with E-state index < -0.39 is 0 Å². The lowest BCUT2D eigenvalue weighted by molar-refractivity contribution is 0.845. The lowest BCUT2D eigenvalue weighted by Gasteiger charge is -2.01. The van der Waals surface area contributed by atoms with E-state index >= 15 is 0 Å². The Morgan fingerprint density at radius 1 is 1.05 bits per heavy atom. The molecule has 0 bridgehead atoms. The topological polar surface area (TPSA) is 30.7 Å². The number of hydrogen-bond acceptors (Lipinski definition) is 2. The van der Waals surface area contributed by atoms with Gasteiger partial charge in [0.15, 0.2) is 5.82 Å². The second kappa shape index (κ2) is 5.24. The molecule has 0 saturated heterocycles. The Morgan fingerprint density at radius 3 is 2.68 bits per heavy atom. The first-order valence-corrected chi connectivity index (χ1v) is 6.51. The van der Waals surface area contributed by atoms with Crippen LogP contribution in [0.1, 0.15) is 5.56 Å². The molecule has 19 heavy (non-hydrogen) atoms. The molecule has 3 rings (SSSR count). The average Bonchev–Trinajstić information content (AvgIpc) is 2.98. The molecule has 0 N–H and O–H groups in total. The third-order valence-corrected chi connectivity index (χ3v) is 3.20. The van der Waals surface area contributed by atoms with Crippen LogP contribution in [0.3, 0.4) is 0 Å². The maximum atomic E-state index is 5.83. The summed E-state index contributed by atoms with van der Waals surface area (Å²) in [6.45, 7) is 0. The van der Waals surface area contributed by atoms with Crippen molar-refractivity contribution in [1.82, 2.24) is 14.8 Å². The van der Waals surface area contributed by atoms with Crippen molar-refractivity contribution in [3.63, 3.8) is 0 Å². The van der Waals surface area contributed by atoms with E-state index in [1.165, 1.54) is 0 Å². The molecule has 3 nitrogen and oxygen atoms in total. The molecule has 0 amide bonds. The van der Waals surface area contributed by atoms with Crippen molar-refractivity contribution in [1.29, 1.82) is 0 Å². The quantitative estimate of drug-likeness (QED) is 0.679. The number of halogens is 1. The summed E-state index contributed by atoms with van der Waals surface area (Å²) in [6.07, 6.45) is 5.55. The van der Waals surface area contributed by atoms with E-state index in [0.717, 1.165) is 22.5 Å². The Morgan fingerprint density at radius 2 is 1.89 bits per heavy atom. The Balaban J connectivity index is 1.97. The molecule has 0 unspecified atom stereocenters. The van der Waals surface area contributed by atoms with Gasteiger partial charge in [0.1, 0.15) is 0 Å². The standard InChI is InChI=1S/C15H12ClN3/c16-9-12-6-7-17-15(8-12)19-11-14(10-18-19)13-4-2-1-3-5-13/h1-8,10-11H,9H2. The predicted octanol–water partition coefficient (Wildman–Crippen LogP) is 3.67. The van der Waals surface area contributed by atoms with Crippen LogP contribution in [0.25, 0.3) is 16.9 Å². The number of rotatable bonds is 3. The summed E-state index contributed by atoms with van der Waals surface area (Å²) in [5, 5.41) is 4.35. The van der Waals surface area contributed by atoms with Crippen molar-refractivity contribution >= 4 is 11.6 Å². The van der Waals surface area contributed by atoms with Gasteiger partial charge in [-0.3, -0.25) is 0 Å². The summed E-state index contributed by atoms with van der Waals surface area (Å²) in [6, 6.07) is 14.0. The average molecular weight is 270 g/mol. The monoisotopic (exact) mass is 269 g/mol. The number of aromatic nitrogens is 3. The van der Waals surface area contributed by atoms with Gasteiger partial charge < -0.3 is 0 Å². The molecule has 3 aromatic rings. The number of nitrogens with zero attached hydrogens (tertiary/aromatic N) is 3. The molecule has 2 aromatic heterocycles. The highest BCUT2D eigenvalue weighted by Crippen LogP contribution is 2.19. The maximum Gasteiger partial charge on any atom is 0.153 e. The highest BCUT2D eigenvalue weighted by atomic mass is 35.5. The van der Waals surface area contributed by atoms with Crippen LogP contribution >= 0.6 is 11.6 Å². The van der Waals surface area contributed by atoms with Crippen LogP contribution in [0.5, 0.6) is 0 Å². The molecule has 0 aliphatic heterocycles. The molecule has 2 heterocycles. The van der Waals surface area contributed by atoms with Gasteiger partial charge in [-0.05, 0) is 23.3 Å². The minimum Gasteiger partial charge on any atom is -0.237 e. The van der Waals surface area contributed by atoms with Gasteiger partial charge in [0.05, 0.1) is 6.20 Å². The zero-order valence-electron chi connectivity index (χ0n) is 10.2. The first-order valence-electron chi connectivity index (χ1n) is 5.98. The van der Waals surface area contributed by atoms with E-state index in [0.29, 0.717) is 5.88 Å². The molecule has 4 heteroatoms. The molecule has 0 aliphatic carbocycles. The molecular weight excluding hydrogens is 258 g/mol. The molecule has 0 aliphatic rings. The SMILES string of the molecule is ClCc1ccnc(-n2cc(-c3ccccc3)cn2)c1. The van der Waals surface area contributed by atoms with Crippen molar-refractivity contribution in [3.8, 4) is 16.9 Å². The van der Waals surface area contributed by atoms with Gasteiger partial charge in [-0.1, -0.05) is 30.3 Å². The second-order valence-electron chi connectivity index (χ2n) is 4.20. The highest BCUT2D eigenvalue weighted by Gasteiger charge is 2.04. The van der Waals surface area contributed by atoms with Crippen LogP contribution in [0.2, 0.25) is 0 Å². The summed E-state index contributed by atoms with van der Waals surface area (Å²) >= 11 is 5.83. The molecule has 94 valence electrons. The zero-order valence-corrected chi connectivity index (χ0v) is 11.0. The molecule has 0 radical (unpaired) electrons. The van der Waals surface area contributed by atoms with Gasteiger partial charge >= 0.3 is 0 Å². The normalized spacial score (nSPS) is 10.6. The van der Waals surface area contributed by atoms with Crippen molar-refractivity contribution in [2.45, 2.75) is 5.88 Å². The highest BCUT2D eigenvalue weighted by molar-refractivity contribution is 6.17. The van der Waals surface area contributed by atoms with E-state index in [4.69, 9.17) is 11.6 Å². The van der Waals surface area contributed by atoms with Crippen LogP contribution in [0.15, 0.2) is 61.1 Å². The van der Waals surface area contributed by atoms with E-state index in [9.17, 15) is 0 Å². The summed E-state index contributed by atoms with van der Waals surface area (Å²) in [7, 11) is 0. The van der Waals surface area contributed by atoms with Gasteiger partial charge in [0.25, 0.3) is 0 Å². The Hall–Kier alpha value is -2.13. The van der Waals surface area contributed by atoms with Crippen molar-refractivity contribution in [3.05, 3.63) is 66.6 Å². The summed E-state index contributed by atoms with van der Waals surface area (Å²) in [4.78, 5) is 4.31. The molecule has 0 spiro atoms. The Bertz CT molecular complexity index is 677. The fraction of sp³-hybridized carbons (Fsp3) is 0.0667. The molecule has 1 aromatic carbocycles. The van der Waals surface area contributed by atoms with E-state index in [1.807, 2.05) is 42.7 Å². The van der Waals surface area contributed by atoms with Crippen molar-refractivity contribution in [2.75, 3.05) is 0 Å². The third-order valence-electron chi connectivity index (χ3n) is 2.89. The fourth-order valence-corrected chi connectivity index (χ4v) is 2.06. The van der Waals surface area contributed by atoms with Crippen molar-refractivity contribution in [2.24, 2.45) is 0 Å². The van der Waals surface area contributed by atoms with E-state index in [1.54, 1.807) is 10.9 Å². The predicted molar refractivity (Wildman–Crippen MR) is 76.4 cm³/mol. The lowest BCUT2D eigenvalue weighted by Crippen LogP contribution is -1.98. The Kier molecular flexibility index (Phi) is 3.29. The summed E-state index contributed by atoms with van der Waals surface area (Å²) in [5.41, 5.74) is 3.24. The Labute approximate surface area is 116 Å². The van der Waals surface area contributed by atoms with Crippen molar-refractivity contribution < 1.29 is 0 Å². The minimum atomic E-state index is 0.475. The van der Waals surface area contributed by atoms with Crippen LogP contribution in [0, 0.1) is 0 Å². The molecule has 0 saturated carbocycles. The van der Waals surface area contributed by atoms with Gasteiger partial charge in [-0.15, -0.1) is 11.6 Å². The van der Waals surface area contributed by atoms with Crippen LogP contribution in [-0.4, -0.2) is 14.8 Å². The first-order chi connectivity index (χ1) is 9.36. The van der Waals surface area contributed by atoms with Crippen LogP contribution < -0.4 is 0 Å². The molecular formula is C15H12ClN3. The van der Waals surface area contributed by atoms with Gasteiger partial charge in [0.2, 0.25) is 0 Å². The van der Waals surface area contributed by atoms with Crippen LogP contribution in [-0.2, 0) is 5.88 Å². The number of pyridine rings is 1. The fourth-order valence-electron chi connectivity index (χ4n) is 1.90. The van der Waals surface area contributed by atoms with Crippen LogP contribution in [0.4, 0.5) is 0 Å².